The van der Waals surface area contributed by atoms with Crippen LogP contribution in [0.2, 0.25) is 0 Å². The van der Waals surface area contributed by atoms with Gasteiger partial charge in [0.1, 0.15) is 24.3 Å². The topological polar surface area (TPSA) is 61.4 Å². The fourth-order valence-electron chi connectivity index (χ4n) is 1.97. The van der Waals surface area contributed by atoms with Crippen molar-refractivity contribution < 1.29 is 0 Å². The standard InChI is InChI=1S/C9H17N3.C8H15N3/c1-4-8(2)5-6-12-9(3)10-7-11-12;1-7(2)4-5-11-6-9-8(3)10-11/h7-8H,4-6H2,1-3H3;6-7H,4-5H2,1-3H3. The van der Waals surface area contributed by atoms with Gasteiger partial charge in [-0.2, -0.15) is 10.2 Å². The molecule has 23 heavy (non-hydrogen) atoms. The number of aromatic nitrogens is 6. The molecule has 0 aliphatic carbocycles. The van der Waals surface area contributed by atoms with Gasteiger partial charge >= 0.3 is 0 Å². The number of aryl methyl sites for hydroxylation is 4. The van der Waals surface area contributed by atoms with E-state index in [1.54, 1.807) is 12.7 Å². The number of rotatable bonds is 7. The molecule has 0 radical (unpaired) electrons. The minimum absolute atomic E-state index is 0.736. The molecular formula is C17H32N6. The quantitative estimate of drug-likeness (QED) is 0.781. The normalized spacial score (nSPS) is 12.1. The first-order valence-electron chi connectivity index (χ1n) is 8.62. The molecule has 6 nitrogen and oxygen atoms in total. The summed E-state index contributed by atoms with van der Waals surface area (Å²) in [6.07, 6.45) is 7.01. The van der Waals surface area contributed by atoms with E-state index in [2.05, 4.69) is 47.9 Å². The summed E-state index contributed by atoms with van der Waals surface area (Å²) in [6.45, 7) is 14.8. The molecule has 0 N–H and O–H groups in total. The van der Waals surface area contributed by atoms with E-state index < -0.39 is 0 Å². The van der Waals surface area contributed by atoms with E-state index in [9.17, 15) is 0 Å². The van der Waals surface area contributed by atoms with E-state index in [1.165, 1.54) is 19.3 Å². The number of nitrogens with zero attached hydrogens (tertiary/aromatic N) is 6. The van der Waals surface area contributed by atoms with Crippen molar-refractivity contribution in [2.24, 2.45) is 11.8 Å². The van der Waals surface area contributed by atoms with Gasteiger partial charge in [0.15, 0.2) is 0 Å². The molecule has 1 unspecified atom stereocenters. The maximum atomic E-state index is 4.19. The van der Waals surface area contributed by atoms with Crippen molar-refractivity contribution in [3.63, 3.8) is 0 Å². The average Bonchev–Trinajstić information content (AvgIpc) is 3.11. The SMILES string of the molecule is CCC(C)CCn1ncnc1C.Cc1ncn(CCC(C)C)n1. The Balaban J connectivity index is 0.000000231. The highest BCUT2D eigenvalue weighted by Gasteiger charge is 2.01. The molecule has 0 spiro atoms. The number of hydrogen-bond donors (Lipinski definition) is 0. The smallest absolute Gasteiger partial charge is 0.147 e. The molecule has 0 fully saturated rings. The molecule has 2 heterocycles. The number of hydrogen-bond acceptors (Lipinski definition) is 4. The highest BCUT2D eigenvalue weighted by Crippen LogP contribution is 2.07. The van der Waals surface area contributed by atoms with Crippen LogP contribution in [0.4, 0.5) is 0 Å². The summed E-state index contributed by atoms with van der Waals surface area (Å²) in [5.74, 6) is 3.39. The third kappa shape index (κ3) is 7.90. The predicted molar refractivity (Wildman–Crippen MR) is 93.0 cm³/mol. The fourth-order valence-corrected chi connectivity index (χ4v) is 1.97. The molecule has 0 saturated heterocycles. The molecule has 0 amide bonds. The van der Waals surface area contributed by atoms with Gasteiger partial charge in [0.25, 0.3) is 0 Å². The van der Waals surface area contributed by atoms with Crippen molar-refractivity contribution in [3.8, 4) is 0 Å². The Kier molecular flexibility index (Phi) is 8.51. The van der Waals surface area contributed by atoms with Crippen molar-refractivity contribution in [1.29, 1.82) is 0 Å². The van der Waals surface area contributed by atoms with E-state index in [-0.39, 0.29) is 0 Å². The molecule has 0 aromatic carbocycles. The van der Waals surface area contributed by atoms with Crippen LogP contribution in [0.15, 0.2) is 12.7 Å². The van der Waals surface area contributed by atoms with Crippen molar-refractivity contribution in [2.45, 2.75) is 73.9 Å². The molecule has 130 valence electrons. The highest BCUT2D eigenvalue weighted by atomic mass is 15.3. The van der Waals surface area contributed by atoms with Gasteiger partial charge in [0.05, 0.1) is 0 Å². The monoisotopic (exact) mass is 320 g/mol. The Hall–Kier alpha value is -1.72. The maximum Gasteiger partial charge on any atom is 0.147 e. The lowest BCUT2D eigenvalue weighted by Gasteiger charge is -2.08. The Bertz CT molecular complexity index is 543. The fraction of sp³-hybridized carbons (Fsp3) is 0.765. The van der Waals surface area contributed by atoms with Crippen molar-refractivity contribution in [3.05, 3.63) is 24.3 Å². The summed E-state index contributed by atoms with van der Waals surface area (Å²) in [4.78, 5) is 8.12. The largest absolute Gasteiger partial charge is 0.253 e. The van der Waals surface area contributed by atoms with Crippen molar-refractivity contribution >= 4 is 0 Å². The van der Waals surface area contributed by atoms with Gasteiger partial charge in [0, 0.05) is 13.1 Å². The minimum atomic E-state index is 0.736. The van der Waals surface area contributed by atoms with Gasteiger partial charge in [-0.25, -0.2) is 9.97 Å². The van der Waals surface area contributed by atoms with Crippen LogP contribution in [-0.2, 0) is 13.1 Å². The summed E-state index contributed by atoms with van der Waals surface area (Å²) in [6, 6.07) is 0. The van der Waals surface area contributed by atoms with Gasteiger partial charge in [-0.1, -0.05) is 34.1 Å². The molecule has 2 aromatic heterocycles. The van der Waals surface area contributed by atoms with Crippen LogP contribution in [-0.4, -0.2) is 29.5 Å². The van der Waals surface area contributed by atoms with Crippen LogP contribution in [0, 0.1) is 25.7 Å². The zero-order valence-corrected chi connectivity index (χ0v) is 15.5. The summed E-state index contributed by atoms with van der Waals surface area (Å²) < 4.78 is 3.86. The van der Waals surface area contributed by atoms with E-state index in [1.807, 2.05) is 23.2 Å². The molecule has 0 saturated carbocycles. The molecule has 0 aliphatic rings. The molecule has 6 heteroatoms. The van der Waals surface area contributed by atoms with Crippen LogP contribution >= 0.6 is 0 Å². The predicted octanol–water partition coefficient (Wildman–Crippen LogP) is 3.66. The van der Waals surface area contributed by atoms with Crippen LogP contribution in [0.5, 0.6) is 0 Å². The Morgan fingerprint density at radius 2 is 1.78 bits per heavy atom. The third-order valence-electron chi connectivity index (χ3n) is 3.93. The Labute approximate surface area is 140 Å². The Morgan fingerprint density at radius 3 is 2.26 bits per heavy atom. The first-order chi connectivity index (χ1) is 10.9. The lowest BCUT2D eigenvalue weighted by molar-refractivity contribution is 0.443. The molecule has 1 atom stereocenters. The Morgan fingerprint density at radius 1 is 1.04 bits per heavy atom. The second-order valence-electron chi connectivity index (χ2n) is 6.57. The molecular weight excluding hydrogens is 288 g/mol. The van der Waals surface area contributed by atoms with Crippen LogP contribution in [0.1, 0.15) is 58.6 Å². The van der Waals surface area contributed by atoms with Crippen LogP contribution < -0.4 is 0 Å². The van der Waals surface area contributed by atoms with E-state index in [0.717, 1.165) is 36.6 Å². The first-order valence-corrected chi connectivity index (χ1v) is 8.62. The second kappa shape index (κ2) is 10.1. The molecule has 0 bridgehead atoms. The van der Waals surface area contributed by atoms with Crippen molar-refractivity contribution in [1.82, 2.24) is 29.5 Å². The van der Waals surface area contributed by atoms with Gasteiger partial charge in [-0.3, -0.25) is 9.36 Å². The van der Waals surface area contributed by atoms with Crippen molar-refractivity contribution in [2.75, 3.05) is 0 Å². The van der Waals surface area contributed by atoms with Gasteiger partial charge in [0.2, 0.25) is 0 Å². The van der Waals surface area contributed by atoms with E-state index >= 15 is 0 Å². The summed E-state index contributed by atoms with van der Waals surface area (Å²) in [5.41, 5.74) is 0. The molecule has 2 rings (SSSR count). The lowest BCUT2D eigenvalue weighted by atomic mass is 10.1. The second-order valence-corrected chi connectivity index (χ2v) is 6.57. The van der Waals surface area contributed by atoms with Gasteiger partial charge in [-0.15, -0.1) is 0 Å². The third-order valence-corrected chi connectivity index (χ3v) is 3.93. The van der Waals surface area contributed by atoms with Crippen LogP contribution in [0.3, 0.4) is 0 Å². The molecule has 0 aliphatic heterocycles. The molecule has 2 aromatic rings. The minimum Gasteiger partial charge on any atom is -0.253 e. The van der Waals surface area contributed by atoms with Crippen LogP contribution in [0.25, 0.3) is 0 Å². The van der Waals surface area contributed by atoms with Gasteiger partial charge < -0.3 is 0 Å². The maximum absolute atomic E-state index is 4.19. The zero-order chi connectivity index (χ0) is 17.2. The zero-order valence-electron chi connectivity index (χ0n) is 15.5. The first kappa shape index (κ1) is 19.3. The van der Waals surface area contributed by atoms with E-state index in [4.69, 9.17) is 0 Å². The lowest BCUT2D eigenvalue weighted by Crippen LogP contribution is -2.06. The summed E-state index contributed by atoms with van der Waals surface area (Å²) in [5, 5.41) is 8.32. The summed E-state index contributed by atoms with van der Waals surface area (Å²) >= 11 is 0. The summed E-state index contributed by atoms with van der Waals surface area (Å²) in [7, 11) is 0. The average molecular weight is 320 g/mol. The van der Waals surface area contributed by atoms with E-state index in [0.29, 0.717) is 0 Å². The van der Waals surface area contributed by atoms with Gasteiger partial charge in [-0.05, 0) is 38.5 Å². The highest BCUT2D eigenvalue weighted by molar-refractivity contribution is 4.78.